The normalized spacial score (nSPS) is 18.4. The summed E-state index contributed by atoms with van der Waals surface area (Å²) >= 11 is 0. The molecule has 8 nitrogen and oxygen atoms in total. The molecule has 2 saturated heterocycles. The monoisotopic (exact) mass is 432 g/mol. The van der Waals surface area contributed by atoms with Gasteiger partial charge in [-0.1, -0.05) is 12.1 Å². The second-order valence-corrected chi connectivity index (χ2v) is 8.49. The van der Waals surface area contributed by atoms with Crippen LogP contribution in [-0.4, -0.2) is 65.1 Å². The van der Waals surface area contributed by atoms with Crippen LogP contribution in [0.2, 0.25) is 0 Å². The highest BCUT2D eigenvalue weighted by atomic mass is 16.5. The van der Waals surface area contributed by atoms with Crippen molar-refractivity contribution >= 4 is 34.1 Å². The minimum absolute atomic E-state index is 0.0979. The predicted octanol–water partition coefficient (Wildman–Crippen LogP) is 4.00. The van der Waals surface area contributed by atoms with Crippen molar-refractivity contribution < 1.29 is 9.53 Å². The Morgan fingerprint density at radius 1 is 1.16 bits per heavy atom. The summed E-state index contributed by atoms with van der Waals surface area (Å²) in [6.45, 7) is 5.64. The van der Waals surface area contributed by atoms with Gasteiger partial charge in [0.15, 0.2) is 0 Å². The fourth-order valence-electron chi connectivity index (χ4n) is 4.68. The second-order valence-electron chi connectivity index (χ2n) is 8.49. The van der Waals surface area contributed by atoms with Gasteiger partial charge in [0, 0.05) is 42.8 Å². The van der Waals surface area contributed by atoms with E-state index in [0.717, 1.165) is 54.8 Å². The lowest BCUT2D eigenvalue weighted by molar-refractivity contribution is 0.124. The van der Waals surface area contributed by atoms with E-state index in [1.165, 1.54) is 12.7 Å². The highest BCUT2D eigenvalue weighted by Gasteiger charge is 2.32. The molecule has 2 amide bonds. The Morgan fingerprint density at radius 3 is 2.91 bits per heavy atom. The molecule has 166 valence electrons. The number of piperazine rings is 1. The van der Waals surface area contributed by atoms with Crippen LogP contribution in [0.3, 0.4) is 0 Å². The van der Waals surface area contributed by atoms with Crippen LogP contribution in [0.25, 0.3) is 10.9 Å². The zero-order valence-electron chi connectivity index (χ0n) is 18.5. The lowest BCUT2D eigenvalue weighted by Crippen LogP contribution is -2.53. The van der Waals surface area contributed by atoms with Crippen molar-refractivity contribution in [1.82, 2.24) is 19.8 Å². The van der Waals surface area contributed by atoms with Crippen molar-refractivity contribution in [2.45, 2.75) is 25.8 Å². The minimum Gasteiger partial charge on any atom is -0.494 e. The van der Waals surface area contributed by atoms with Crippen LogP contribution in [0.15, 0.2) is 42.7 Å². The first kappa shape index (κ1) is 20.5. The number of carbonyl (C=O) groups is 1. The third kappa shape index (κ3) is 4.05. The van der Waals surface area contributed by atoms with Gasteiger partial charge >= 0.3 is 6.03 Å². The Labute approximate surface area is 187 Å². The minimum atomic E-state index is -0.0979. The highest BCUT2D eigenvalue weighted by Crippen LogP contribution is 2.33. The van der Waals surface area contributed by atoms with Gasteiger partial charge in [0.2, 0.25) is 0 Å². The van der Waals surface area contributed by atoms with Crippen LogP contribution >= 0.6 is 0 Å². The summed E-state index contributed by atoms with van der Waals surface area (Å²) in [4.78, 5) is 26.3. The molecule has 0 aliphatic carbocycles. The number of rotatable bonds is 4. The molecule has 1 atom stereocenters. The summed E-state index contributed by atoms with van der Waals surface area (Å²) in [5.74, 6) is 1.25. The van der Waals surface area contributed by atoms with Crippen LogP contribution in [0.5, 0.6) is 5.75 Å². The largest absolute Gasteiger partial charge is 0.494 e. The first-order valence-electron chi connectivity index (χ1n) is 11.1. The number of aryl methyl sites for hydroxylation is 1. The summed E-state index contributed by atoms with van der Waals surface area (Å²) in [7, 11) is 1.60. The average molecular weight is 433 g/mol. The van der Waals surface area contributed by atoms with Gasteiger partial charge in [0.05, 0.1) is 18.3 Å². The molecule has 1 aromatic heterocycles. The molecular weight excluding hydrogens is 404 g/mol. The molecule has 2 aliphatic rings. The Morgan fingerprint density at radius 2 is 2.06 bits per heavy atom. The summed E-state index contributed by atoms with van der Waals surface area (Å²) in [5, 5.41) is 7.25. The van der Waals surface area contributed by atoms with E-state index in [0.29, 0.717) is 23.3 Å². The zero-order valence-corrected chi connectivity index (χ0v) is 18.5. The summed E-state index contributed by atoms with van der Waals surface area (Å²) < 4.78 is 5.56. The van der Waals surface area contributed by atoms with Crippen molar-refractivity contribution in [2.75, 3.05) is 43.9 Å². The van der Waals surface area contributed by atoms with Gasteiger partial charge in [0.1, 0.15) is 17.9 Å². The molecule has 3 aromatic rings. The average Bonchev–Trinajstić information content (AvgIpc) is 3.27. The van der Waals surface area contributed by atoms with Gasteiger partial charge in [0.25, 0.3) is 0 Å². The molecule has 5 rings (SSSR count). The van der Waals surface area contributed by atoms with E-state index in [9.17, 15) is 4.79 Å². The van der Waals surface area contributed by atoms with Gasteiger partial charge in [-0.15, -0.1) is 0 Å². The standard InChI is InChI=1S/C24H28N6O2/c1-16-5-3-6-17(11-16)27-23-19-12-21(22(32-2)13-20(19)25-15-26-23)28-24(31)30-10-9-29-8-4-7-18(29)14-30/h3,5-6,11-13,15,18H,4,7-10,14H2,1-2H3,(H,28,31)(H,25,26,27). The molecule has 1 unspecified atom stereocenters. The number of ether oxygens (including phenoxy) is 1. The first-order valence-corrected chi connectivity index (χ1v) is 11.1. The fourth-order valence-corrected chi connectivity index (χ4v) is 4.68. The lowest BCUT2D eigenvalue weighted by Gasteiger charge is -2.37. The maximum atomic E-state index is 13.1. The fraction of sp³-hybridized carbons (Fsp3) is 0.375. The number of hydrogen-bond acceptors (Lipinski definition) is 6. The van der Waals surface area contributed by atoms with Gasteiger partial charge in [-0.05, 0) is 50.1 Å². The van der Waals surface area contributed by atoms with Crippen molar-refractivity contribution in [3.05, 3.63) is 48.3 Å². The molecule has 32 heavy (non-hydrogen) atoms. The van der Waals surface area contributed by atoms with Crippen molar-refractivity contribution in [2.24, 2.45) is 0 Å². The van der Waals surface area contributed by atoms with E-state index in [1.807, 2.05) is 42.2 Å². The summed E-state index contributed by atoms with van der Waals surface area (Å²) in [6.07, 6.45) is 3.91. The van der Waals surface area contributed by atoms with Gasteiger partial charge in [-0.25, -0.2) is 14.8 Å². The molecule has 2 fully saturated rings. The van der Waals surface area contributed by atoms with E-state index in [1.54, 1.807) is 7.11 Å². The van der Waals surface area contributed by atoms with Crippen molar-refractivity contribution in [3.8, 4) is 5.75 Å². The second kappa shape index (κ2) is 8.63. The molecule has 2 aromatic carbocycles. The van der Waals surface area contributed by atoms with E-state index < -0.39 is 0 Å². The Balaban J connectivity index is 1.42. The van der Waals surface area contributed by atoms with Gasteiger partial charge in [-0.2, -0.15) is 0 Å². The number of hydrogen-bond donors (Lipinski definition) is 2. The zero-order chi connectivity index (χ0) is 22.1. The predicted molar refractivity (Wildman–Crippen MR) is 126 cm³/mol. The van der Waals surface area contributed by atoms with E-state index in [2.05, 4.69) is 31.6 Å². The summed E-state index contributed by atoms with van der Waals surface area (Å²) in [5.41, 5.74) is 3.46. The molecule has 2 N–H and O–H groups in total. The first-order chi connectivity index (χ1) is 15.6. The maximum absolute atomic E-state index is 13.1. The molecule has 0 spiro atoms. The molecule has 8 heteroatoms. The molecule has 3 heterocycles. The van der Waals surface area contributed by atoms with Gasteiger partial charge in [-0.3, -0.25) is 4.90 Å². The number of nitrogens with zero attached hydrogens (tertiary/aromatic N) is 4. The van der Waals surface area contributed by atoms with E-state index in [4.69, 9.17) is 4.74 Å². The van der Waals surface area contributed by atoms with Crippen LogP contribution in [-0.2, 0) is 0 Å². The number of anilines is 3. The molecule has 0 radical (unpaired) electrons. The maximum Gasteiger partial charge on any atom is 0.322 e. The highest BCUT2D eigenvalue weighted by molar-refractivity contribution is 5.99. The van der Waals surface area contributed by atoms with Crippen molar-refractivity contribution in [1.29, 1.82) is 0 Å². The van der Waals surface area contributed by atoms with Crippen LogP contribution in [0, 0.1) is 6.92 Å². The number of fused-ring (bicyclic) bond motifs is 2. The van der Waals surface area contributed by atoms with Crippen LogP contribution < -0.4 is 15.4 Å². The van der Waals surface area contributed by atoms with Crippen molar-refractivity contribution in [3.63, 3.8) is 0 Å². The molecule has 0 bridgehead atoms. The topological polar surface area (TPSA) is 82.6 Å². The molecule has 2 aliphatic heterocycles. The number of methoxy groups -OCH3 is 1. The number of urea groups is 1. The lowest BCUT2D eigenvalue weighted by atomic mass is 10.1. The number of nitrogens with one attached hydrogen (secondary N) is 2. The SMILES string of the molecule is COc1cc2ncnc(Nc3cccc(C)c3)c2cc1NC(=O)N1CCN2CCCC2C1. The third-order valence-electron chi connectivity index (χ3n) is 6.35. The Hall–Kier alpha value is -3.39. The Bertz CT molecular complexity index is 1150. The molecule has 0 saturated carbocycles. The van der Waals surface area contributed by atoms with Crippen LogP contribution in [0.4, 0.5) is 22.0 Å². The van der Waals surface area contributed by atoms with E-state index >= 15 is 0 Å². The van der Waals surface area contributed by atoms with Gasteiger partial charge < -0.3 is 20.3 Å². The summed E-state index contributed by atoms with van der Waals surface area (Å²) in [6, 6.07) is 12.2. The smallest absolute Gasteiger partial charge is 0.322 e. The molecular formula is C24H28N6O2. The number of carbonyl (C=O) groups excluding carboxylic acids is 1. The quantitative estimate of drug-likeness (QED) is 0.648. The third-order valence-corrected chi connectivity index (χ3v) is 6.35. The van der Waals surface area contributed by atoms with E-state index in [-0.39, 0.29) is 6.03 Å². The number of benzene rings is 2. The van der Waals surface area contributed by atoms with Crippen LogP contribution in [0.1, 0.15) is 18.4 Å². The number of amides is 2. The number of aromatic nitrogens is 2. The Kier molecular flexibility index (Phi) is 5.53.